The lowest BCUT2D eigenvalue weighted by Gasteiger charge is -2.10. The van der Waals surface area contributed by atoms with Crippen LogP contribution in [0.3, 0.4) is 0 Å². The lowest BCUT2D eigenvalue weighted by atomic mass is 10.2. The predicted molar refractivity (Wildman–Crippen MR) is 76.9 cm³/mol. The van der Waals surface area contributed by atoms with Gasteiger partial charge in [-0.2, -0.15) is 0 Å². The molecule has 0 fully saturated rings. The van der Waals surface area contributed by atoms with Crippen molar-refractivity contribution in [2.24, 2.45) is 0 Å². The van der Waals surface area contributed by atoms with Gasteiger partial charge in [0.15, 0.2) is 11.6 Å². The summed E-state index contributed by atoms with van der Waals surface area (Å²) in [6.45, 7) is 0.123. The van der Waals surface area contributed by atoms with E-state index in [4.69, 9.17) is 9.84 Å². The molecule has 0 radical (unpaired) electrons. The average molecular weight is 372 g/mol. The molecule has 98 valence electrons. The summed E-state index contributed by atoms with van der Waals surface area (Å²) >= 11 is 2.18. The number of carboxylic acids is 1. The van der Waals surface area contributed by atoms with Crippen LogP contribution in [0, 0.1) is 9.39 Å². The molecule has 0 aliphatic carbocycles. The first-order valence-corrected chi connectivity index (χ1v) is 6.55. The zero-order chi connectivity index (χ0) is 13.8. The Labute approximate surface area is 123 Å². The van der Waals surface area contributed by atoms with Crippen LogP contribution in [0.1, 0.15) is 15.9 Å². The van der Waals surface area contributed by atoms with Crippen molar-refractivity contribution in [2.45, 2.75) is 6.61 Å². The minimum atomic E-state index is -1.21. The van der Waals surface area contributed by atoms with Crippen LogP contribution in [-0.4, -0.2) is 11.1 Å². The van der Waals surface area contributed by atoms with Crippen molar-refractivity contribution in [3.63, 3.8) is 0 Å². The Morgan fingerprint density at radius 2 is 1.89 bits per heavy atom. The minimum Gasteiger partial charge on any atom is -0.485 e. The third kappa shape index (κ3) is 3.44. The SMILES string of the molecule is O=C(O)c1cccc(F)c1OCc1ccc(I)cc1. The van der Waals surface area contributed by atoms with Gasteiger partial charge < -0.3 is 9.84 Å². The molecule has 3 nitrogen and oxygen atoms in total. The predicted octanol–water partition coefficient (Wildman–Crippen LogP) is 3.71. The lowest BCUT2D eigenvalue weighted by molar-refractivity contribution is 0.0690. The monoisotopic (exact) mass is 372 g/mol. The van der Waals surface area contributed by atoms with E-state index in [2.05, 4.69) is 22.6 Å². The van der Waals surface area contributed by atoms with Crippen molar-refractivity contribution < 1.29 is 19.0 Å². The van der Waals surface area contributed by atoms with Crippen LogP contribution >= 0.6 is 22.6 Å². The molecule has 1 N–H and O–H groups in total. The van der Waals surface area contributed by atoms with Gasteiger partial charge in [0.1, 0.15) is 12.2 Å². The molecule has 0 saturated carbocycles. The average Bonchev–Trinajstić information content (AvgIpc) is 2.39. The molecule has 0 heterocycles. The number of hydrogen-bond donors (Lipinski definition) is 1. The molecule has 0 unspecified atom stereocenters. The normalized spacial score (nSPS) is 10.2. The van der Waals surface area contributed by atoms with Crippen LogP contribution < -0.4 is 4.74 Å². The van der Waals surface area contributed by atoms with Crippen molar-refractivity contribution >= 4 is 28.6 Å². The third-order valence-electron chi connectivity index (χ3n) is 2.49. The highest BCUT2D eigenvalue weighted by Gasteiger charge is 2.15. The van der Waals surface area contributed by atoms with Gasteiger partial charge in [-0.15, -0.1) is 0 Å². The van der Waals surface area contributed by atoms with E-state index in [1.54, 1.807) is 0 Å². The molecule has 0 amide bonds. The summed E-state index contributed by atoms with van der Waals surface area (Å²) in [5, 5.41) is 8.98. The van der Waals surface area contributed by atoms with Gasteiger partial charge in [-0.05, 0) is 52.4 Å². The van der Waals surface area contributed by atoms with Gasteiger partial charge >= 0.3 is 5.97 Å². The van der Waals surface area contributed by atoms with E-state index < -0.39 is 11.8 Å². The van der Waals surface area contributed by atoms with E-state index >= 15 is 0 Å². The van der Waals surface area contributed by atoms with E-state index in [-0.39, 0.29) is 17.9 Å². The van der Waals surface area contributed by atoms with Gasteiger partial charge in [0.25, 0.3) is 0 Å². The summed E-state index contributed by atoms with van der Waals surface area (Å²) in [5.74, 6) is -2.11. The van der Waals surface area contributed by atoms with Crippen molar-refractivity contribution in [3.05, 3.63) is 63.0 Å². The summed E-state index contributed by atoms with van der Waals surface area (Å²) in [6, 6.07) is 11.3. The zero-order valence-corrected chi connectivity index (χ0v) is 11.9. The fourth-order valence-corrected chi connectivity index (χ4v) is 1.92. The summed E-state index contributed by atoms with van der Waals surface area (Å²) < 4.78 is 20.0. The van der Waals surface area contributed by atoms with Gasteiger partial charge in [-0.3, -0.25) is 0 Å². The lowest BCUT2D eigenvalue weighted by Crippen LogP contribution is -2.05. The van der Waals surface area contributed by atoms with Crippen molar-refractivity contribution in [1.29, 1.82) is 0 Å². The largest absolute Gasteiger partial charge is 0.485 e. The van der Waals surface area contributed by atoms with Gasteiger partial charge in [-0.1, -0.05) is 18.2 Å². The summed E-state index contributed by atoms with van der Waals surface area (Å²) in [5.41, 5.74) is 0.672. The van der Waals surface area contributed by atoms with Crippen LogP contribution in [-0.2, 0) is 6.61 Å². The summed E-state index contributed by atoms with van der Waals surface area (Å²) in [6.07, 6.45) is 0. The molecule has 0 aromatic heterocycles. The smallest absolute Gasteiger partial charge is 0.339 e. The van der Waals surface area contributed by atoms with E-state index in [1.165, 1.54) is 18.2 Å². The van der Waals surface area contributed by atoms with Crippen LogP contribution in [0.25, 0.3) is 0 Å². The number of ether oxygens (including phenoxy) is 1. The molecule has 19 heavy (non-hydrogen) atoms. The first kappa shape index (κ1) is 13.8. The molecule has 2 aromatic rings. The van der Waals surface area contributed by atoms with E-state index in [1.807, 2.05) is 24.3 Å². The Balaban J connectivity index is 2.19. The number of halogens is 2. The highest BCUT2D eigenvalue weighted by atomic mass is 127. The molecule has 0 saturated heterocycles. The van der Waals surface area contributed by atoms with Gasteiger partial charge in [0.2, 0.25) is 0 Å². The number of rotatable bonds is 4. The van der Waals surface area contributed by atoms with Gasteiger partial charge in [0, 0.05) is 3.57 Å². The standard InChI is InChI=1S/C14H10FIO3/c15-12-3-1-2-11(14(17)18)13(12)19-8-9-4-6-10(16)7-5-9/h1-7H,8H2,(H,17,18). The van der Waals surface area contributed by atoms with Crippen molar-refractivity contribution in [3.8, 4) is 5.75 Å². The van der Waals surface area contributed by atoms with Gasteiger partial charge in [0.05, 0.1) is 0 Å². The fourth-order valence-electron chi connectivity index (χ4n) is 1.56. The molecule has 5 heteroatoms. The van der Waals surface area contributed by atoms with Crippen LogP contribution in [0.2, 0.25) is 0 Å². The Morgan fingerprint density at radius 1 is 1.21 bits per heavy atom. The number of carbonyl (C=O) groups is 1. The molecule has 0 spiro atoms. The number of hydrogen-bond acceptors (Lipinski definition) is 2. The molecule has 2 aromatic carbocycles. The first-order valence-electron chi connectivity index (χ1n) is 5.47. The van der Waals surface area contributed by atoms with Crippen molar-refractivity contribution in [1.82, 2.24) is 0 Å². The molecule has 0 aliphatic rings. The Morgan fingerprint density at radius 3 is 2.53 bits per heavy atom. The minimum absolute atomic E-state index is 0.123. The maximum Gasteiger partial charge on any atom is 0.339 e. The van der Waals surface area contributed by atoms with Crippen LogP contribution in [0.5, 0.6) is 5.75 Å². The first-order chi connectivity index (χ1) is 9.08. The number of benzene rings is 2. The number of para-hydroxylation sites is 1. The maximum atomic E-state index is 13.6. The summed E-state index contributed by atoms with van der Waals surface area (Å²) in [7, 11) is 0. The highest BCUT2D eigenvalue weighted by Crippen LogP contribution is 2.23. The van der Waals surface area contributed by atoms with E-state index in [0.29, 0.717) is 0 Å². The molecule has 0 bridgehead atoms. The van der Waals surface area contributed by atoms with E-state index in [0.717, 1.165) is 9.13 Å². The molecule has 2 rings (SSSR count). The zero-order valence-electron chi connectivity index (χ0n) is 9.77. The van der Waals surface area contributed by atoms with Crippen molar-refractivity contribution in [2.75, 3.05) is 0 Å². The Kier molecular flexibility index (Phi) is 4.36. The second kappa shape index (κ2) is 6.01. The third-order valence-corrected chi connectivity index (χ3v) is 3.21. The second-order valence-corrected chi connectivity index (χ2v) is 5.08. The second-order valence-electron chi connectivity index (χ2n) is 3.84. The van der Waals surface area contributed by atoms with Crippen LogP contribution in [0.4, 0.5) is 4.39 Å². The fraction of sp³-hybridized carbons (Fsp3) is 0.0714. The maximum absolute atomic E-state index is 13.6. The quantitative estimate of drug-likeness (QED) is 0.833. The molecular weight excluding hydrogens is 362 g/mol. The molecular formula is C14H10FIO3. The summed E-state index contributed by atoms with van der Waals surface area (Å²) in [4.78, 5) is 11.0. The van der Waals surface area contributed by atoms with Crippen LogP contribution in [0.15, 0.2) is 42.5 Å². The molecule has 0 atom stereocenters. The Hall–Kier alpha value is -1.63. The van der Waals surface area contributed by atoms with E-state index in [9.17, 15) is 9.18 Å². The Bertz CT molecular complexity index is 596. The number of aromatic carboxylic acids is 1. The highest BCUT2D eigenvalue weighted by molar-refractivity contribution is 14.1. The number of carboxylic acid groups (broad SMARTS) is 1. The molecule has 0 aliphatic heterocycles. The van der Waals surface area contributed by atoms with Gasteiger partial charge in [-0.25, -0.2) is 9.18 Å². The topological polar surface area (TPSA) is 46.5 Å².